The first-order valence-corrected chi connectivity index (χ1v) is 12.7. The van der Waals surface area contributed by atoms with Gasteiger partial charge in [-0.1, -0.05) is 12.1 Å². The highest BCUT2D eigenvalue weighted by atomic mass is 32.1. The van der Waals surface area contributed by atoms with Gasteiger partial charge in [0, 0.05) is 55.1 Å². The van der Waals surface area contributed by atoms with Crippen molar-refractivity contribution < 1.29 is 4.79 Å². The number of pyridine rings is 2. The Morgan fingerprint density at radius 2 is 1.89 bits per heavy atom. The number of aromatic amines is 2. The maximum absolute atomic E-state index is 12.2. The third-order valence-corrected chi connectivity index (χ3v) is 7.20. The van der Waals surface area contributed by atoms with Crippen molar-refractivity contribution in [1.29, 1.82) is 0 Å². The second-order valence-corrected chi connectivity index (χ2v) is 10.6. The average Bonchev–Trinajstić information content (AvgIpc) is 3.60. The number of benzene rings is 1. The summed E-state index contributed by atoms with van der Waals surface area (Å²) in [5.41, 5.74) is 7.11. The van der Waals surface area contributed by atoms with E-state index in [-0.39, 0.29) is 5.91 Å². The van der Waals surface area contributed by atoms with Gasteiger partial charge in [0.25, 0.3) is 0 Å². The number of hydrogen-bond acceptors (Lipinski definition) is 6. The van der Waals surface area contributed by atoms with Crippen LogP contribution < -0.4 is 5.32 Å². The maximum Gasteiger partial charge on any atom is 0.238 e. The van der Waals surface area contributed by atoms with Crippen LogP contribution in [0, 0.1) is 6.92 Å². The number of nitrogens with zero attached hydrogens (tertiary/aromatic N) is 4. The zero-order chi connectivity index (χ0) is 25.5. The van der Waals surface area contributed by atoms with E-state index in [4.69, 9.17) is 0 Å². The number of nitrogens with one attached hydrogen (secondary N) is 3. The standard InChI is InChI=1S/C28H25N7OS/c1-16-7-8-25(37-16)20-5-4-6-23-21(20)11-24(32-23)27-22-10-18(13-30-28(22)34-33-27)17-9-19(14-29-12-17)31-26(36)15-35(2)3/h4-14,32H,15H2,1-3H3,(H,31,36)(H,30,33,34). The fraction of sp³-hybridized carbons (Fsp3) is 0.143. The fourth-order valence-electron chi connectivity index (χ4n) is 4.50. The summed E-state index contributed by atoms with van der Waals surface area (Å²) in [7, 11) is 3.71. The van der Waals surface area contributed by atoms with Crippen molar-refractivity contribution in [3.63, 3.8) is 0 Å². The molecular weight excluding hydrogens is 482 g/mol. The van der Waals surface area contributed by atoms with Gasteiger partial charge in [-0.25, -0.2) is 4.98 Å². The van der Waals surface area contributed by atoms with Gasteiger partial charge in [0.2, 0.25) is 5.91 Å². The van der Waals surface area contributed by atoms with E-state index in [1.165, 1.54) is 15.3 Å². The van der Waals surface area contributed by atoms with Gasteiger partial charge >= 0.3 is 0 Å². The molecule has 0 unspecified atom stereocenters. The molecular formula is C28H25N7OS. The Kier molecular flexibility index (Phi) is 5.78. The van der Waals surface area contributed by atoms with Gasteiger partial charge in [-0.2, -0.15) is 5.10 Å². The molecule has 5 aromatic heterocycles. The SMILES string of the molecule is Cc1ccc(-c2cccc3[nH]c(-c4[nH]nc5ncc(-c6cncc(NC(=O)CN(C)C)c6)cc45)cc23)s1. The Morgan fingerprint density at radius 1 is 1.03 bits per heavy atom. The van der Waals surface area contributed by atoms with Gasteiger partial charge in [0.1, 0.15) is 0 Å². The van der Waals surface area contributed by atoms with Crippen LogP contribution in [-0.4, -0.2) is 56.6 Å². The molecule has 8 nitrogen and oxygen atoms in total. The van der Waals surface area contributed by atoms with Crippen LogP contribution in [0.1, 0.15) is 4.88 Å². The highest BCUT2D eigenvalue weighted by Gasteiger charge is 2.15. The Bertz CT molecular complexity index is 1760. The van der Waals surface area contributed by atoms with Crippen molar-refractivity contribution in [2.75, 3.05) is 26.0 Å². The van der Waals surface area contributed by atoms with Gasteiger partial charge in [0.15, 0.2) is 5.65 Å². The van der Waals surface area contributed by atoms with Crippen LogP contribution in [0.25, 0.3) is 54.9 Å². The molecule has 0 fully saturated rings. The number of carbonyl (C=O) groups is 1. The third-order valence-electron chi connectivity index (χ3n) is 6.16. The molecule has 0 saturated heterocycles. The lowest BCUT2D eigenvalue weighted by atomic mass is 10.1. The minimum absolute atomic E-state index is 0.0921. The summed E-state index contributed by atoms with van der Waals surface area (Å²) < 4.78 is 0. The van der Waals surface area contributed by atoms with Crippen LogP contribution in [0.15, 0.2) is 67.1 Å². The Balaban J connectivity index is 1.38. The summed E-state index contributed by atoms with van der Waals surface area (Å²) in [6.45, 7) is 2.43. The normalized spacial score (nSPS) is 11.6. The Hall–Kier alpha value is -4.34. The second-order valence-electron chi connectivity index (χ2n) is 9.30. The lowest BCUT2D eigenvalue weighted by Crippen LogP contribution is -2.27. The second kappa shape index (κ2) is 9.27. The van der Waals surface area contributed by atoms with Crippen LogP contribution in [0.2, 0.25) is 0 Å². The number of thiophene rings is 1. The van der Waals surface area contributed by atoms with E-state index >= 15 is 0 Å². The summed E-state index contributed by atoms with van der Waals surface area (Å²) in [5.74, 6) is -0.0921. The number of aryl methyl sites for hydroxylation is 1. The van der Waals surface area contributed by atoms with Crippen molar-refractivity contribution in [2.45, 2.75) is 6.92 Å². The molecule has 6 rings (SSSR count). The van der Waals surface area contributed by atoms with Gasteiger partial charge in [-0.05, 0) is 57.4 Å². The molecule has 0 aliphatic heterocycles. The molecule has 0 saturated carbocycles. The van der Waals surface area contributed by atoms with E-state index < -0.39 is 0 Å². The first-order valence-electron chi connectivity index (χ1n) is 11.9. The molecule has 0 aliphatic rings. The molecule has 1 aromatic carbocycles. The Labute approximate surface area is 217 Å². The number of H-pyrrole nitrogens is 2. The monoisotopic (exact) mass is 507 g/mol. The van der Waals surface area contributed by atoms with Crippen molar-refractivity contribution in [2.24, 2.45) is 0 Å². The van der Waals surface area contributed by atoms with E-state index in [1.54, 1.807) is 29.9 Å². The molecule has 1 amide bonds. The highest BCUT2D eigenvalue weighted by molar-refractivity contribution is 7.15. The van der Waals surface area contributed by atoms with Gasteiger partial charge < -0.3 is 15.2 Å². The van der Waals surface area contributed by atoms with Crippen LogP contribution in [0.3, 0.4) is 0 Å². The topological polar surface area (TPSA) is 103 Å². The zero-order valence-corrected chi connectivity index (χ0v) is 21.5. The Morgan fingerprint density at radius 3 is 2.70 bits per heavy atom. The molecule has 0 atom stereocenters. The lowest BCUT2D eigenvalue weighted by molar-refractivity contribution is -0.116. The van der Waals surface area contributed by atoms with Crippen molar-refractivity contribution in [3.8, 4) is 33.0 Å². The molecule has 0 spiro atoms. The molecule has 0 bridgehead atoms. The number of aromatic nitrogens is 5. The van der Waals surface area contributed by atoms with Crippen LogP contribution in [0.4, 0.5) is 5.69 Å². The molecule has 184 valence electrons. The van der Waals surface area contributed by atoms with E-state index in [1.807, 2.05) is 25.1 Å². The predicted molar refractivity (Wildman–Crippen MR) is 150 cm³/mol. The quantitative estimate of drug-likeness (QED) is 0.268. The van der Waals surface area contributed by atoms with E-state index in [0.29, 0.717) is 17.9 Å². The number of amides is 1. The number of hydrogen-bond donors (Lipinski definition) is 3. The van der Waals surface area contributed by atoms with E-state index in [2.05, 4.69) is 79.9 Å². The van der Waals surface area contributed by atoms with Crippen LogP contribution in [-0.2, 0) is 4.79 Å². The number of rotatable bonds is 6. The molecule has 0 radical (unpaired) electrons. The first kappa shape index (κ1) is 23.1. The molecule has 6 aromatic rings. The molecule has 0 aliphatic carbocycles. The number of fused-ring (bicyclic) bond motifs is 2. The summed E-state index contributed by atoms with van der Waals surface area (Å²) in [6, 6.07) is 16.8. The van der Waals surface area contributed by atoms with E-state index in [9.17, 15) is 4.79 Å². The average molecular weight is 508 g/mol. The molecule has 5 heterocycles. The molecule has 3 N–H and O–H groups in total. The van der Waals surface area contributed by atoms with Crippen molar-refractivity contribution in [3.05, 3.63) is 72.0 Å². The summed E-state index contributed by atoms with van der Waals surface area (Å²) in [5, 5.41) is 12.6. The van der Waals surface area contributed by atoms with Crippen LogP contribution >= 0.6 is 11.3 Å². The molecule has 37 heavy (non-hydrogen) atoms. The number of anilines is 1. The van der Waals surface area contributed by atoms with Gasteiger partial charge in [0.05, 0.1) is 29.8 Å². The van der Waals surface area contributed by atoms with E-state index in [0.717, 1.165) is 38.8 Å². The summed E-state index contributed by atoms with van der Waals surface area (Å²) in [4.78, 5) is 29.0. The largest absolute Gasteiger partial charge is 0.353 e. The van der Waals surface area contributed by atoms with Crippen molar-refractivity contribution in [1.82, 2.24) is 30.0 Å². The summed E-state index contributed by atoms with van der Waals surface area (Å²) in [6.07, 6.45) is 5.18. The minimum atomic E-state index is -0.0921. The van der Waals surface area contributed by atoms with Crippen molar-refractivity contribution >= 4 is 44.9 Å². The summed E-state index contributed by atoms with van der Waals surface area (Å²) >= 11 is 1.79. The highest BCUT2D eigenvalue weighted by Crippen LogP contribution is 2.37. The van der Waals surface area contributed by atoms with Crippen LogP contribution in [0.5, 0.6) is 0 Å². The number of carbonyl (C=O) groups excluding carboxylic acids is 1. The fourth-order valence-corrected chi connectivity index (χ4v) is 5.41. The predicted octanol–water partition coefficient (Wildman–Crippen LogP) is 5.71. The first-order chi connectivity index (χ1) is 17.9. The lowest BCUT2D eigenvalue weighted by Gasteiger charge is -2.10. The zero-order valence-electron chi connectivity index (χ0n) is 20.7. The van der Waals surface area contributed by atoms with Gasteiger partial charge in [-0.3, -0.25) is 14.9 Å². The smallest absolute Gasteiger partial charge is 0.238 e. The maximum atomic E-state index is 12.2. The molecule has 9 heteroatoms. The number of likely N-dealkylation sites (N-methyl/N-ethyl adjacent to an activating group) is 1. The minimum Gasteiger partial charge on any atom is -0.353 e. The van der Waals surface area contributed by atoms with Gasteiger partial charge in [-0.15, -0.1) is 11.3 Å². The third kappa shape index (κ3) is 4.50.